The number of amides is 1. The van der Waals surface area contributed by atoms with Gasteiger partial charge in [-0.2, -0.15) is 0 Å². The summed E-state index contributed by atoms with van der Waals surface area (Å²) in [5, 5.41) is 3.24. The van der Waals surface area contributed by atoms with E-state index in [2.05, 4.69) is 80.4 Å². The Morgan fingerprint density at radius 1 is 1.09 bits per heavy atom. The van der Waals surface area contributed by atoms with E-state index in [0.717, 1.165) is 45.3 Å². The molecule has 4 nitrogen and oxygen atoms in total. The number of fused-ring (bicyclic) bond motifs is 4. The Bertz CT molecular complexity index is 1000. The Kier molecular flexibility index (Phi) is 5.98. The topological polar surface area (TPSA) is 41.6 Å². The monoisotopic (exact) mass is 446 g/mol. The molecule has 3 heterocycles. The maximum atomic E-state index is 12.9. The molecule has 0 spiro atoms. The van der Waals surface area contributed by atoms with Gasteiger partial charge in [-0.05, 0) is 83.8 Å². The van der Waals surface area contributed by atoms with Crippen molar-refractivity contribution in [2.45, 2.75) is 65.5 Å². The fourth-order valence-electron chi connectivity index (χ4n) is 6.15. The number of rotatable bonds is 5. The number of ether oxygens (including phenoxy) is 1. The molecule has 1 N–H and O–H groups in total. The second-order valence-electron chi connectivity index (χ2n) is 11.5. The highest BCUT2D eigenvalue weighted by Gasteiger charge is 2.42. The van der Waals surface area contributed by atoms with E-state index in [1.165, 1.54) is 27.8 Å². The summed E-state index contributed by atoms with van der Waals surface area (Å²) >= 11 is 0. The van der Waals surface area contributed by atoms with Gasteiger partial charge < -0.3 is 10.1 Å². The molecule has 3 aliphatic heterocycles. The van der Waals surface area contributed by atoms with Gasteiger partial charge in [0.05, 0.1) is 6.04 Å². The van der Waals surface area contributed by atoms with Crippen LogP contribution < -0.4 is 5.32 Å². The van der Waals surface area contributed by atoms with Crippen LogP contribution in [0.5, 0.6) is 0 Å². The molecule has 0 unspecified atom stereocenters. The lowest BCUT2D eigenvalue weighted by Gasteiger charge is -2.44. The van der Waals surface area contributed by atoms with Crippen molar-refractivity contribution in [3.8, 4) is 11.1 Å². The molecule has 33 heavy (non-hydrogen) atoms. The van der Waals surface area contributed by atoms with Crippen molar-refractivity contribution >= 4 is 6.09 Å². The average Bonchev–Trinajstić information content (AvgIpc) is 3.03. The minimum absolute atomic E-state index is 0.0245. The molecule has 1 amide bonds. The van der Waals surface area contributed by atoms with Crippen molar-refractivity contribution in [3.63, 3.8) is 0 Å². The van der Waals surface area contributed by atoms with Crippen molar-refractivity contribution in [1.29, 1.82) is 0 Å². The molecule has 2 bridgehead atoms. The molecule has 0 aromatic heterocycles. The first kappa shape index (κ1) is 22.5. The zero-order valence-electron chi connectivity index (χ0n) is 20.6. The highest BCUT2D eigenvalue weighted by molar-refractivity contribution is 5.70. The smallest absolute Gasteiger partial charge is 0.407 e. The van der Waals surface area contributed by atoms with Crippen LogP contribution in [0.4, 0.5) is 4.79 Å². The fraction of sp³-hybridized carbons (Fsp3) is 0.552. The maximum absolute atomic E-state index is 12.9. The van der Waals surface area contributed by atoms with Crippen molar-refractivity contribution in [2.75, 3.05) is 19.6 Å². The van der Waals surface area contributed by atoms with Gasteiger partial charge in [-0.15, -0.1) is 0 Å². The molecule has 3 saturated heterocycles. The Morgan fingerprint density at radius 2 is 1.79 bits per heavy atom. The molecule has 176 valence electrons. The van der Waals surface area contributed by atoms with Crippen LogP contribution in [0.25, 0.3) is 11.1 Å². The summed E-state index contributed by atoms with van der Waals surface area (Å²) < 4.78 is 5.94. The number of carbonyl (C=O) groups is 1. The second-order valence-corrected chi connectivity index (χ2v) is 11.5. The first-order valence-electron chi connectivity index (χ1n) is 12.7. The average molecular weight is 447 g/mol. The van der Waals surface area contributed by atoms with Crippen LogP contribution in [0.15, 0.2) is 42.5 Å². The van der Waals surface area contributed by atoms with Crippen LogP contribution in [-0.4, -0.2) is 36.7 Å². The molecule has 3 fully saturated rings. The molecule has 4 aliphatic rings. The summed E-state index contributed by atoms with van der Waals surface area (Å²) in [6, 6.07) is 15.7. The standard InChI is InChI=1S/C29H38N2O2/c1-19(2)15-20-5-7-21(8-6-20)23-9-10-25-24(16-23)17-29(3,4)27(25)30-28(32)33-26-18-31-13-11-22(26)12-14-31/h5-10,16,19,22,26-27H,11-15,17-18H2,1-4H3,(H,30,32)/t26-,27-/m0/s1. The van der Waals surface area contributed by atoms with E-state index in [-0.39, 0.29) is 23.7 Å². The van der Waals surface area contributed by atoms with E-state index in [0.29, 0.717) is 11.8 Å². The Labute approximate surface area is 198 Å². The number of alkyl carbamates (subject to hydrolysis) is 1. The Morgan fingerprint density at radius 3 is 2.42 bits per heavy atom. The Balaban J connectivity index is 1.29. The minimum Gasteiger partial charge on any atom is -0.445 e. The van der Waals surface area contributed by atoms with Crippen LogP contribution >= 0.6 is 0 Å². The van der Waals surface area contributed by atoms with Gasteiger partial charge >= 0.3 is 6.09 Å². The first-order valence-corrected chi connectivity index (χ1v) is 12.7. The summed E-state index contributed by atoms with van der Waals surface area (Å²) in [6.07, 6.45) is 4.14. The zero-order chi connectivity index (χ0) is 23.2. The lowest BCUT2D eigenvalue weighted by atomic mass is 9.85. The maximum Gasteiger partial charge on any atom is 0.407 e. The second kappa shape index (κ2) is 8.79. The van der Waals surface area contributed by atoms with Crippen molar-refractivity contribution in [3.05, 3.63) is 59.2 Å². The zero-order valence-corrected chi connectivity index (χ0v) is 20.6. The third-order valence-corrected chi connectivity index (χ3v) is 7.93. The number of benzene rings is 2. The van der Waals surface area contributed by atoms with Gasteiger partial charge in [-0.1, -0.05) is 70.2 Å². The molecule has 2 atom stereocenters. The van der Waals surface area contributed by atoms with Crippen LogP contribution in [0.2, 0.25) is 0 Å². The number of nitrogens with zero attached hydrogens (tertiary/aromatic N) is 1. The highest BCUT2D eigenvalue weighted by atomic mass is 16.6. The molecule has 2 aromatic carbocycles. The van der Waals surface area contributed by atoms with Gasteiger partial charge in [0.25, 0.3) is 0 Å². The third-order valence-electron chi connectivity index (χ3n) is 7.93. The quantitative estimate of drug-likeness (QED) is 0.613. The molecule has 4 heteroatoms. The third kappa shape index (κ3) is 4.68. The molecular formula is C29H38N2O2. The van der Waals surface area contributed by atoms with Crippen LogP contribution in [-0.2, 0) is 17.6 Å². The predicted octanol–water partition coefficient (Wildman–Crippen LogP) is 6.00. The van der Waals surface area contributed by atoms with Crippen molar-refractivity contribution < 1.29 is 9.53 Å². The number of hydrogen-bond donors (Lipinski definition) is 1. The van der Waals surface area contributed by atoms with Crippen LogP contribution in [0.1, 0.15) is 63.3 Å². The molecule has 0 radical (unpaired) electrons. The van der Waals surface area contributed by atoms with Gasteiger partial charge in [0.1, 0.15) is 6.10 Å². The molecule has 6 rings (SSSR count). The van der Waals surface area contributed by atoms with E-state index in [1.807, 2.05) is 0 Å². The summed E-state index contributed by atoms with van der Waals surface area (Å²) in [4.78, 5) is 15.3. The molecule has 0 saturated carbocycles. The van der Waals surface area contributed by atoms with E-state index in [4.69, 9.17) is 4.74 Å². The van der Waals surface area contributed by atoms with Crippen LogP contribution in [0.3, 0.4) is 0 Å². The summed E-state index contributed by atoms with van der Waals surface area (Å²) in [6.45, 7) is 12.2. The lowest BCUT2D eigenvalue weighted by molar-refractivity contribution is -0.0348. The van der Waals surface area contributed by atoms with Crippen molar-refractivity contribution in [2.24, 2.45) is 17.3 Å². The highest BCUT2D eigenvalue weighted by Crippen LogP contribution is 2.46. The molecule has 2 aromatic rings. The Hall–Kier alpha value is -2.33. The van der Waals surface area contributed by atoms with E-state index < -0.39 is 0 Å². The SMILES string of the molecule is CC(C)Cc1ccc(-c2ccc3c(c2)CC(C)(C)[C@H]3NC(=O)O[C@H]2CN3CCC2CC3)cc1. The van der Waals surface area contributed by atoms with E-state index in [9.17, 15) is 4.79 Å². The van der Waals surface area contributed by atoms with Gasteiger partial charge in [-0.25, -0.2) is 4.79 Å². The van der Waals surface area contributed by atoms with Gasteiger partial charge in [0.15, 0.2) is 0 Å². The lowest BCUT2D eigenvalue weighted by Crippen LogP contribution is -2.53. The predicted molar refractivity (Wildman–Crippen MR) is 133 cm³/mol. The molecule has 1 aliphatic carbocycles. The normalized spacial score (nSPS) is 27.4. The fourth-order valence-corrected chi connectivity index (χ4v) is 6.15. The number of carbonyl (C=O) groups excluding carboxylic acids is 1. The van der Waals surface area contributed by atoms with Gasteiger partial charge in [0, 0.05) is 6.54 Å². The number of hydrogen-bond acceptors (Lipinski definition) is 3. The summed E-state index contributed by atoms with van der Waals surface area (Å²) in [5.74, 6) is 1.19. The summed E-state index contributed by atoms with van der Waals surface area (Å²) in [7, 11) is 0. The largest absolute Gasteiger partial charge is 0.445 e. The van der Waals surface area contributed by atoms with Gasteiger partial charge in [0.2, 0.25) is 0 Å². The molecular weight excluding hydrogens is 408 g/mol. The van der Waals surface area contributed by atoms with Crippen molar-refractivity contribution in [1.82, 2.24) is 10.2 Å². The van der Waals surface area contributed by atoms with E-state index in [1.54, 1.807) is 0 Å². The van der Waals surface area contributed by atoms with Gasteiger partial charge in [-0.3, -0.25) is 4.90 Å². The first-order chi connectivity index (χ1) is 15.8. The summed E-state index contributed by atoms with van der Waals surface area (Å²) in [5.41, 5.74) is 6.40. The van der Waals surface area contributed by atoms with E-state index >= 15 is 0 Å². The number of piperidine rings is 3. The van der Waals surface area contributed by atoms with Crippen LogP contribution in [0, 0.1) is 17.3 Å². The number of nitrogens with one attached hydrogen (secondary N) is 1. The minimum atomic E-state index is -0.260.